The molecule has 296 valence electrons. The Morgan fingerprint density at radius 1 is 0.608 bits per heavy atom. The van der Waals surface area contributed by atoms with Crippen molar-refractivity contribution in [2.45, 2.75) is 174 Å². The number of ether oxygens (including phenoxy) is 1. The molecule has 2 unspecified atom stereocenters. The molecule has 0 aromatic rings. The molecule has 0 saturated heterocycles. The van der Waals surface area contributed by atoms with Crippen LogP contribution in [-0.4, -0.2) is 54.3 Å². The number of hydrogen-bond acceptors (Lipinski definition) is 7. The number of phosphoric acid groups is 1. The molecule has 0 aromatic carbocycles. The van der Waals surface area contributed by atoms with Gasteiger partial charge in [0.15, 0.2) is 0 Å². The number of esters is 1. The van der Waals surface area contributed by atoms with Gasteiger partial charge in [-0.1, -0.05) is 133 Å². The lowest BCUT2D eigenvalue weighted by atomic mass is 10.1. The van der Waals surface area contributed by atoms with Gasteiger partial charge in [0.05, 0.1) is 13.2 Å². The van der Waals surface area contributed by atoms with Gasteiger partial charge in [0.2, 0.25) is 5.91 Å². The van der Waals surface area contributed by atoms with E-state index >= 15 is 0 Å². The molecule has 0 fully saturated rings. The van der Waals surface area contributed by atoms with Gasteiger partial charge >= 0.3 is 13.8 Å². The Hall–Kier alpha value is -2.03. The quantitative estimate of drug-likeness (QED) is 0.0248. The molecular weight excluding hydrogens is 665 g/mol. The minimum absolute atomic E-state index is 0.0740. The van der Waals surface area contributed by atoms with Crippen LogP contribution in [0, 0.1) is 0 Å². The number of amides is 1. The molecule has 0 rings (SSSR count). The van der Waals surface area contributed by atoms with Gasteiger partial charge in [-0.3, -0.25) is 18.6 Å². The molecule has 0 heterocycles. The van der Waals surface area contributed by atoms with E-state index in [1.54, 1.807) is 0 Å². The third-order valence-electron chi connectivity index (χ3n) is 8.23. The number of rotatable bonds is 37. The number of carbonyl (C=O) groups excluding carboxylic acids is 2. The van der Waals surface area contributed by atoms with Crippen molar-refractivity contribution in [3.05, 3.63) is 48.6 Å². The van der Waals surface area contributed by atoms with Crippen LogP contribution in [0.2, 0.25) is 0 Å². The zero-order valence-electron chi connectivity index (χ0n) is 32.3. The Bertz CT molecular complexity index is 981. The lowest BCUT2D eigenvalue weighted by molar-refractivity contribution is -0.147. The highest BCUT2D eigenvalue weighted by molar-refractivity contribution is 7.47. The SMILES string of the molecule is CCCC/C=C\CCCCCCCC(=O)NCCOP(=O)(O)OCC(O)COC(=O)CCCCCCCC/C=C\C/C=C\C/C=C\CCCCC. The van der Waals surface area contributed by atoms with E-state index in [9.17, 15) is 24.2 Å². The second-order valence-electron chi connectivity index (χ2n) is 13.2. The summed E-state index contributed by atoms with van der Waals surface area (Å²) >= 11 is 0. The summed E-state index contributed by atoms with van der Waals surface area (Å²) in [6.45, 7) is 3.44. The molecule has 2 atom stereocenters. The summed E-state index contributed by atoms with van der Waals surface area (Å²) in [5.41, 5.74) is 0. The van der Waals surface area contributed by atoms with E-state index in [1.165, 1.54) is 64.2 Å². The fourth-order valence-corrected chi connectivity index (χ4v) is 5.89. The predicted octanol–water partition coefficient (Wildman–Crippen LogP) is 10.8. The van der Waals surface area contributed by atoms with Crippen molar-refractivity contribution in [1.82, 2.24) is 5.32 Å². The van der Waals surface area contributed by atoms with E-state index in [2.05, 4.69) is 67.8 Å². The Morgan fingerprint density at radius 2 is 1.08 bits per heavy atom. The van der Waals surface area contributed by atoms with Gasteiger partial charge in [-0.05, 0) is 70.6 Å². The van der Waals surface area contributed by atoms with Crippen LogP contribution in [0.1, 0.15) is 168 Å². The molecule has 0 saturated carbocycles. The summed E-state index contributed by atoms with van der Waals surface area (Å²) in [7, 11) is -4.42. The molecular formula is C41H74NO8P. The Balaban J connectivity index is 3.65. The number of nitrogens with one attached hydrogen (secondary N) is 1. The first-order chi connectivity index (χ1) is 24.8. The lowest BCUT2D eigenvalue weighted by Gasteiger charge is -2.15. The van der Waals surface area contributed by atoms with E-state index in [1.807, 2.05) is 0 Å². The summed E-state index contributed by atoms with van der Waals surface area (Å²) in [5, 5.41) is 12.6. The van der Waals surface area contributed by atoms with E-state index in [0.29, 0.717) is 6.42 Å². The molecule has 3 N–H and O–H groups in total. The predicted molar refractivity (Wildman–Crippen MR) is 210 cm³/mol. The number of unbranched alkanes of at least 4 members (excludes halogenated alkanes) is 16. The minimum Gasteiger partial charge on any atom is -0.463 e. The molecule has 51 heavy (non-hydrogen) atoms. The molecule has 1 amide bonds. The number of hydrogen-bond donors (Lipinski definition) is 3. The van der Waals surface area contributed by atoms with Crippen LogP contribution < -0.4 is 5.32 Å². The second kappa shape index (κ2) is 37.7. The lowest BCUT2D eigenvalue weighted by Crippen LogP contribution is -2.27. The molecule has 0 spiro atoms. The third-order valence-corrected chi connectivity index (χ3v) is 9.22. The smallest absolute Gasteiger partial charge is 0.463 e. The summed E-state index contributed by atoms with van der Waals surface area (Å²) in [6, 6.07) is 0. The summed E-state index contributed by atoms with van der Waals surface area (Å²) in [6.07, 6.45) is 41.8. The van der Waals surface area contributed by atoms with Gasteiger partial charge < -0.3 is 20.1 Å². The first kappa shape index (κ1) is 49.0. The maximum Gasteiger partial charge on any atom is 0.472 e. The summed E-state index contributed by atoms with van der Waals surface area (Å²) in [4.78, 5) is 33.8. The summed E-state index contributed by atoms with van der Waals surface area (Å²) < 4.78 is 26.8. The van der Waals surface area contributed by atoms with Crippen molar-refractivity contribution in [3.63, 3.8) is 0 Å². The van der Waals surface area contributed by atoms with E-state index < -0.39 is 26.5 Å². The Labute approximate surface area is 311 Å². The monoisotopic (exact) mass is 740 g/mol. The summed E-state index contributed by atoms with van der Waals surface area (Å²) in [5.74, 6) is -0.543. The van der Waals surface area contributed by atoms with Gasteiger partial charge in [0.25, 0.3) is 0 Å². The molecule has 0 radical (unpaired) electrons. The molecule has 0 bridgehead atoms. The van der Waals surface area contributed by atoms with Gasteiger partial charge in [-0.2, -0.15) is 0 Å². The highest BCUT2D eigenvalue weighted by atomic mass is 31.2. The van der Waals surface area contributed by atoms with Gasteiger partial charge in [-0.25, -0.2) is 4.57 Å². The first-order valence-electron chi connectivity index (χ1n) is 20.1. The minimum atomic E-state index is -4.42. The highest BCUT2D eigenvalue weighted by Gasteiger charge is 2.23. The number of phosphoric ester groups is 1. The zero-order chi connectivity index (χ0) is 37.5. The van der Waals surface area contributed by atoms with Crippen LogP contribution in [0.4, 0.5) is 0 Å². The van der Waals surface area contributed by atoms with Crippen LogP contribution in [0.25, 0.3) is 0 Å². The van der Waals surface area contributed by atoms with Crippen molar-refractivity contribution in [1.29, 1.82) is 0 Å². The van der Waals surface area contributed by atoms with Crippen molar-refractivity contribution in [2.75, 3.05) is 26.4 Å². The van der Waals surface area contributed by atoms with Crippen LogP contribution in [0.15, 0.2) is 48.6 Å². The molecule has 0 aromatic heterocycles. The molecule has 10 heteroatoms. The first-order valence-corrected chi connectivity index (χ1v) is 21.6. The molecule has 0 aliphatic heterocycles. The average molecular weight is 740 g/mol. The van der Waals surface area contributed by atoms with Crippen molar-refractivity contribution in [3.8, 4) is 0 Å². The van der Waals surface area contributed by atoms with Crippen LogP contribution >= 0.6 is 7.82 Å². The fraction of sp³-hybridized carbons (Fsp3) is 0.756. The van der Waals surface area contributed by atoms with Gasteiger partial charge in [0, 0.05) is 19.4 Å². The standard InChI is InChI=1S/C41H74NO8P/c1-3-5-7-9-11-13-15-16-17-18-19-20-21-22-24-26-28-30-32-34-41(45)48-37-39(43)38-50-51(46,47)49-36-35-42-40(44)33-31-29-27-25-23-14-12-10-8-6-4-2/h10-13,16-17,19-20,39,43H,3-9,14-15,18,21-38H2,1-2H3,(H,42,44)(H,46,47)/b12-10-,13-11-,17-16-,20-19-. The molecule has 0 aliphatic carbocycles. The Morgan fingerprint density at radius 3 is 1.67 bits per heavy atom. The molecule has 9 nitrogen and oxygen atoms in total. The van der Waals surface area contributed by atoms with Crippen molar-refractivity contribution >= 4 is 19.7 Å². The second-order valence-corrected chi connectivity index (χ2v) is 14.7. The zero-order valence-corrected chi connectivity index (χ0v) is 33.2. The third kappa shape index (κ3) is 39.0. The average Bonchev–Trinajstić information content (AvgIpc) is 3.11. The van der Waals surface area contributed by atoms with E-state index in [0.717, 1.165) is 77.0 Å². The van der Waals surface area contributed by atoms with E-state index in [4.69, 9.17) is 13.8 Å². The Kier molecular flexibility index (Phi) is 36.2. The maximum absolute atomic E-state index is 12.1. The van der Waals surface area contributed by atoms with Crippen LogP contribution in [0.5, 0.6) is 0 Å². The van der Waals surface area contributed by atoms with Crippen LogP contribution in [-0.2, 0) is 27.9 Å². The van der Waals surface area contributed by atoms with Crippen molar-refractivity contribution in [2.24, 2.45) is 0 Å². The number of carbonyl (C=O) groups is 2. The van der Waals surface area contributed by atoms with Gasteiger partial charge in [-0.15, -0.1) is 0 Å². The molecule has 0 aliphatic rings. The topological polar surface area (TPSA) is 131 Å². The largest absolute Gasteiger partial charge is 0.472 e. The maximum atomic E-state index is 12.1. The normalized spacial score (nSPS) is 13.9. The number of allylic oxidation sites excluding steroid dienone is 8. The fourth-order valence-electron chi connectivity index (χ4n) is 5.13. The number of aliphatic hydroxyl groups is 1. The van der Waals surface area contributed by atoms with E-state index in [-0.39, 0.29) is 32.1 Å². The van der Waals surface area contributed by atoms with Crippen LogP contribution in [0.3, 0.4) is 0 Å². The highest BCUT2D eigenvalue weighted by Crippen LogP contribution is 2.42. The number of aliphatic hydroxyl groups excluding tert-OH is 1. The van der Waals surface area contributed by atoms with Gasteiger partial charge in [0.1, 0.15) is 12.7 Å². The van der Waals surface area contributed by atoms with Crippen molar-refractivity contribution < 1.29 is 37.9 Å².